The van der Waals surface area contributed by atoms with Crippen LogP contribution in [-0.2, 0) is 4.74 Å². The number of hydrazone groups is 1. The number of morpholine rings is 1. The summed E-state index contributed by atoms with van der Waals surface area (Å²) in [6, 6.07) is 6.89. The predicted octanol–water partition coefficient (Wildman–Crippen LogP) is 1.92. The minimum atomic E-state index is -0.516. The van der Waals surface area contributed by atoms with Crippen LogP contribution in [0.2, 0.25) is 5.02 Å². The van der Waals surface area contributed by atoms with Gasteiger partial charge in [0.15, 0.2) is 4.77 Å². The Balaban J connectivity index is 2.06. The summed E-state index contributed by atoms with van der Waals surface area (Å²) in [6.07, 6.45) is 1.32. The summed E-state index contributed by atoms with van der Waals surface area (Å²) in [5.74, 6) is -0.311. The molecule has 0 saturated carbocycles. The van der Waals surface area contributed by atoms with E-state index < -0.39 is 5.56 Å². The summed E-state index contributed by atoms with van der Waals surface area (Å²) in [4.78, 5) is 14.7. The van der Waals surface area contributed by atoms with Gasteiger partial charge in [0.1, 0.15) is 5.56 Å². The molecule has 9 heteroatoms. The van der Waals surface area contributed by atoms with Crippen molar-refractivity contribution in [3.8, 4) is 11.6 Å². The normalized spacial score (nSPS) is 15.1. The number of hydrogen-bond acceptors (Lipinski definition) is 6. The summed E-state index contributed by atoms with van der Waals surface area (Å²) in [7, 11) is 0. The van der Waals surface area contributed by atoms with E-state index >= 15 is 0 Å². The van der Waals surface area contributed by atoms with Crippen molar-refractivity contribution < 1.29 is 9.84 Å². The highest BCUT2D eigenvalue weighted by molar-refractivity contribution is 7.71. The fourth-order valence-electron chi connectivity index (χ4n) is 2.32. The molecule has 1 aromatic heterocycles. The molecule has 0 radical (unpaired) electrons. The second kappa shape index (κ2) is 7.16. The van der Waals surface area contributed by atoms with Crippen molar-refractivity contribution in [2.45, 2.75) is 0 Å². The maximum Gasteiger partial charge on any atom is 0.264 e. The van der Waals surface area contributed by atoms with Crippen LogP contribution in [0.1, 0.15) is 5.56 Å². The van der Waals surface area contributed by atoms with Gasteiger partial charge >= 0.3 is 0 Å². The first-order chi connectivity index (χ1) is 11.6. The lowest BCUT2D eigenvalue weighted by atomic mass is 10.3. The van der Waals surface area contributed by atoms with E-state index in [1.54, 1.807) is 29.3 Å². The molecule has 0 aliphatic carbocycles. The lowest BCUT2D eigenvalue weighted by molar-refractivity contribution is 0.0396. The summed E-state index contributed by atoms with van der Waals surface area (Å²) in [5, 5.41) is 16.9. The zero-order valence-corrected chi connectivity index (χ0v) is 14.2. The molecule has 0 spiro atoms. The molecule has 1 saturated heterocycles. The van der Waals surface area contributed by atoms with Gasteiger partial charge in [0.05, 0.1) is 43.2 Å². The molecule has 3 rings (SSSR count). The van der Waals surface area contributed by atoms with E-state index in [0.29, 0.717) is 37.0 Å². The molecule has 0 amide bonds. The minimum absolute atomic E-state index is 0.00927. The molecular weight excluding hydrogens is 352 g/mol. The molecule has 1 aliphatic heterocycles. The fraction of sp³-hybridized carbons (Fsp3) is 0.267. The third-order valence-corrected chi connectivity index (χ3v) is 4.16. The first kappa shape index (κ1) is 16.7. The standard InChI is InChI=1S/C15H15ClN4O3S/c16-11-3-1-2-4-12(11)20-14(22)10(13(21)18-15(20)24)9-17-19-5-7-23-8-6-19/h1-4,9,22H,5-8H2,(H,18,21,24)/b17-9+. The van der Waals surface area contributed by atoms with E-state index in [1.807, 2.05) is 0 Å². The molecule has 126 valence electrons. The lowest BCUT2D eigenvalue weighted by Gasteiger charge is -2.23. The highest BCUT2D eigenvalue weighted by atomic mass is 35.5. The van der Waals surface area contributed by atoms with Gasteiger partial charge in [-0.1, -0.05) is 23.7 Å². The van der Waals surface area contributed by atoms with Crippen molar-refractivity contribution in [2.75, 3.05) is 26.3 Å². The number of nitrogens with zero attached hydrogens (tertiary/aromatic N) is 3. The quantitative estimate of drug-likeness (QED) is 0.640. The van der Waals surface area contributed by atoms with Crippen LogP contribution in [0.5, 0.6) is 5.88 Å². The van der Waals surface area contributed by atoms with E-state index in [9.17, 15) is 9.90 Å². The number of rotatable bonds is 3. The van der Waals surface area contributed by atoms with Gasteiger partial charge < -0.3 is 9.84 Å². The largest absolute Gasteiger partial charge is 0.494 e. The Kier molecular flexibility index (Phi) is 4.98. The van der Waals surface area contributed by atoms with Gasteiger partial charge in [-0.3, -0.25) is 19.4 Å². The SMILES string of the molecule is O=c1[nH]c(=S)n(-c2ccccc2Cl)c(O)c1/C=N/N1CCOCC1. The van der Waals surface area contributed by atoms with Crippen LogP contribution in [-0.4, -0.2) is 52.2 Å². The van der Waals surface area contributed by atoms with Gasteiger partial charge in [-0.05, 0) is 24.4 Å². The minimum Gasteiger partial charge on any atom is -0.494 e. The monoisotopic (exact) mass is 366 g/mol. The Morgan fingerprint density at radius 2 is 2.04 bits per heavy atom. The van der Waals surface area contributed by atoms with Crippen molar-refractivity contribution in [1.82, 2.24) is 14.6 Å². The topological polar surface area (TPSA) is 82.8 Å². The number of benzene rings is 1. The van der Waals surface area contributed by atoms with E-state index in [-0.39, 0.29) is 16.2 Å². The summed E-state index contributed by atoms with van der Waals surface area (Å²) in [6.45, 7) is 2.40. The molecule has 7 nitrogen and oxygen atoms in total. The first-order valence-electron chi connectivity index (χ1n) is 7.28. The molecule has 1 aromatic carbocycles. The first-order valence-corrected chi connectivity index (χ1v) is 8.06. The number of ether oxygens (including phenoxy) is 1. The average molecular weight is 367 g/mol. The van der Waals surface area contributed by atoms with Gasteiger partial charge in [-0.25, -0.2) is 0 Å². The maximum absolute atomic E-state index is 12.1. The highest BCUT2D eigenvalue weighted by Crippen LogP contribution is 2.25. The predicted molar refractivity (Wildman–Crippen MR) is 93.9 cm³/mol. The molecule has 0 atom stereocenters. The maximum atomic E-state index is 12.1. The molecule has 0 bridgehead atoms. The van der Waals surface area contributed by atoms with Crippen molar-refractivity contribution in [1.29, 1.82) is 0 Å². The number of aromatic hydroxyl groups is 1. The van der Waals surface area contributed by atoms with Crippen LogP contribution in [0.25, 0.3) is 5.69 Å². The van der Waals surface area contributed by atoms with Crippen LogP contribution in [0.15, 0.2) is 34.2 Å². The number of aromatic nitrogens is 2. The second-order valence-corrected chi connectivity index (χ2v) is 5.89. The van der Waals surface area contributed by atoms with Gasteiger partial charge in [-0.15, -0.1) is 0 Å². The second-order valence-electron chi connectivity index (χ2n) is 5.09. The van der Waals surface area contributed by atoms with E-state index in [2.05, 4.69) is 10.1 Å². The van der Waals surface area contributed by atoms with Crippen LogP contribution in [0.4, 0.5) is 0 Å². The van der Waals surface area contributed by atoms with Crippen molar-refractivity contribution in [3.05, 3.63) is 50.0 Å². The summed E-state index contributed by atoms with van der Waals surface area (Å²) < 4.78 is 6.60. The van der Waals surface area contributed by atoms with E-state index in [4.69, 9.17) is 28.6 Å². The third-order valence-electron chi connectivity index (χ3n) is 3.55. The molecular formula is C15H15ClN4O3S. The van der Waals surface area contributed by atoms with Crippen LogP contribution >= 0.6 is 23.8 Å². The zero-order chi connectivity index (χ0) is 17.1. The van der Waals surface area contributed by atoms with E-state index in [0.717, 1.165) is 0 Å². The van der Waals surface area contributed by atoms with Gasteiger partial charge in [0.2, 0.25) is 5.88 Å². The van der Waals surface area contributed by atoms with Crippen molar-refractivity contribution in [3.63, 3.8) is 0 Å². The summed E-state index contributed by atoms with van der Waals surface area (Å²) in [5.41, 5.74) is -0.0354. The Bertz CT molecular complexity index is 887. The Labute approximate surface area is 147 Å². The number of nitrogens with one attached hydrogen (secondary N) is 1. The van der Waals surface area contributed by atoms with Crippen LogP contribution < -0.4 is 5.56 Å². The molecule has 1 aliphatic rings. The Morgan fingerprint density at radius 3 is 2.75 bits per heavy atom. The average Bonchev–Trinajstić information content (AvgIpc) is 2.57. The number of H-pyrrole nitrogens is 1. The van der Waals surface area contributed by atoms with Gasteiger partial charge in [-0.2, -0.15) is 5.10 Å². The molecule has 2 N–H and O–H groups in total. The van der Waals surface area contributed by atoms with E-state index in [1.165, 1.54) is 10.8 Å². The lowest BCUT2D eigenvalue weighted by Crippen LogP contribution is -2.32. The Morgan fingerprint density at radius 1 is 1.33 bits per heavy atom. The molecule has 1 fully saturated rings. The Hall–Kier alpha value is -2.16. The number of hydrogen-bond donors (Lipinski definition) is 2. The number of aromatic amines is 1. The van der Waals surface area contributed by atoms with Crippen LogP contribution in [0.3, 0.4) is 0 Å². The zero-order valence-electron chi connectivity index (χ0n) is 12.6. The third kappa shape index (κ3) is 3.35. The van der Waals surface area contributed by atoms with Crippen LogP contribution in [0, 0.1) is 4.77 Å². The molecule has 2 heterocycles. The van der Waals surface area contributed by atoms with Crippen molar-refractivity contribution in [2.24, 2.45) is 5.10 Å². The van der Waals surface area contributed by atoms with Gasteiger partial charge in [0, 0.05) is 0 Å². The van der Waals surface area contributed by atoms with Crippen molar-refractivity contribution >= 4 is 30.0 Å². The molecule has 2 aromatic rings. The number of halogens is 1. The number of para-hydroxylation sites is 1. The molecule has 0 unspecified atom stereocenters. The summed E-state index contributed by atoms with van der Waals surface area (Å²) >= 11 is 11.3. The smallest absolute Gasteiger partial charge is 0.264 e. The van der Waals surface area contributed by atoms with Gasteiger partial charge in [0.25, 0.3) is 5.56 Å². The highest BCUT2D eigenvalue weighted by Gasteiger charge is 2.15. The fourth-order valence-corrected chi connectivity index (χ4v) is 2.82. The molecule has 24 heavy (non-hydrogen) atoms.